The first-order valence-electron chi connectivity index (χ1n) is 6.83. The number of likely N-dealkylation sites (N-methyl/N-ethyl adjacent to an activating group) is 1. The van der Waals surface area contributed by atoms with Crippen LogP contribution in [0.15, 0.2) is 6.07 Å². The summed E-state index contributed by atoms with van der Waals surface area (Å²) < 4.78 is 38.6. The Morgan fingerprint density at radius 3 is 2.48 bits per heavy atom. The second-order valence-corrected chi connectivity index (χ2v) is 5.19. The van der Waals surface area contributed by atoms with Crippen LogP contribution in [0.2, 0.25) is 0 Å². The maximum atomic E-state index is 12.9. The van der Waals surface area contributed by atoms with E-state index >= 15 is 0 Å². The van der Waals surface area contributed by atoms with Gasteiger partial charge < -0.3 is 15.5 Å². The van der Waals surface area contributed by atoms with Crippen LogP contribution in [0.3, 0.4) is 0 Å². The molecule has 1 aromatic heterocycles. The van der Waals surface area contributed by atoms with E-state index in [-0.39, 0.29) is 17.8 Å². The molecule has 2 N–H and O–H groups in total. The third kappa shape index (κ3) is 6.16. The van der Waals surface area contributed by atoms with Gasteiger partial charge >= 0.3 is 6.18 Å². The topological polar surface area (TPSA) is 53.1 Å². The van der Waals surface area contributed by atoms with E-state index in [0.717, 1.165) is 12.5 Å². The van der Waals surface area contributed by atoms with Gasteiger partial charge in [-0.3, -0.25) is 0 Å². The first-order chi connectivity index (χ1) is 9.72. The molecule has 0 saturated carbocycles. The minimum atomic E-state index is -4.49. The van der Waals surface area contributed by atoms with Gasteiger partial charge in [0.2, 0.25) is 5.95 Å². The molecule has 0 spiro atoms. The molecule has 0 bridgehead atoms. The number of aromatic nitrogens is 2. The van der Waals surface area contributed by atoms with Crippen molar-refractivity contribution in [2.45, 2.75) is 32.5 Å². The molecule has 1 atom stereocenters. The lowest BCUT2D eigenvalue weighted by molar-refractivity contribution is -0.141. The Hall–Kier alpha value is -1.57. The van der Waals surface area contributed by atoms with Crippen LogP contribution in [0.5, 0.6) is 0 Å². The predicted octanol–water partition coefficient (Wildman–Crippen LogP) is 2.68. The smallest absolute Gasteiger partial charge is 0.366 e. The summed E-state index contributed by atoms with van der Waals surface area (Å²) in [6, 6.07) is 0.901. The van der Waals surface area contributed by atoms with Crippen molar-refractivity contribution < 1.29 is 13.2 Å². The van der Waals surface area contributed by atoms with Crippen molar-refractivity contribution in [1.29, 1.82) is 0 Å². The zero-order valence-corrected chi connectivity index (χ0v) is 12.8. The molecular weight excluding hydrogens is 283 g/mol. The van der Waals surface area contributed by atoms with E-state index in [1.165, 1.54) is 0 Å². The van der Waals surface area contributed by atoms with E-state index in [9.17, 15) is 13.2 Å². The fourth-order valence-corrected chi connectivity index (χ4v) is 1.83. The van der Waals surface area contributed by atoms with E-state index < -0.39 is 11.9 Å². The first kappa shape index (κ1) is 17.5. The van der Waals surface area contributed by atoms with Crippen LogP contribution in [0.4, 0.5) is 24.9 Å². The molecule has 0 aliphatic carbocycles. The molecule has 0 aliphatic rings. The van der Waals surface area contributed by atoms with Crippen molar-refractivity contribution in [3.05, 3.63) is 11.8 Å². The molecule has 120 valence electrons. The minimum absolute atomic E-state index is 0.00812. The van der Waals surface area contributed by atoms with Gasteiger partial charge in [-0.2, -0.15) is 18.2 Å². The fourth-order valence-electron chi connectivity index (χ4n) is 1.83. The Morgan fingerprint density at radius 2 is 1.95 bits per heavy atom. The predicted molar refractivity (Wildman–Crippen MR) is 77.5 cm³/mol. The van der Waals surface area contributed by atoms with Gasteiger partial charge in [0.1, 0.15) is 5.82 Å². The van der Waals surface area contributed by atoms with Gasteiger partial charge in [0.05, 0.1) is 0 Å². The van der Waals surface area contributed by atoms with Gasteiger partial charge in [0.25, 0.3) is 0 Å². The van der Waals surface area contributed by atoms with Gasteiger partial charge in [-0.1, -0.05) is 6.92 Å². The Morgan fingerprint density at radius 1 is 1.29 bits per heavy atom. The molecule has 1 rings (SSSR count). The van der Waals surface area contributed by atoms with Crippen molar-refractivity contribution in [1.82, 2.24) is 14.9 Å². The van der Waals surface area contributed by atoms with E-state index in [1.54, 1.807) is 0 Å². The number of rotatable bonds is 7. The Kier molecular flexibility index (Phi) is 6.19. The third-order valence-electron chi connectivity index (χ3n) is 2.58. The van der Waals surface area contributed by atoms with Crippen LogP contribution in [-0.4, -0.2) is 48.1 Å². The molecule has 1 unspecified atom stereocenters. The number of nitrogens with zero attached hydrogens (tertiary/aromatic N) is 3. The minimum Gasteiger partial charge on any atom is -0.366 e. The average Bonchev–Trinajstić information content (AvgIpc) is 2.33. The molecule has 1 aromatic rings. The number of hydrogen-bond donors (Lipinski definition) is 2. The second-order valence-electron chi connectivity index (χ2n) is 5.19. The molecule has 21 heavy (non-hydrogen) atoms. The largest absolute Gasteiger partial charge is 0.433 e. The summed E-state index contributed by atoms with van der Waals surface area (Å²) in [5.74, 6) is 0.163. The second kappa shape index (κ2) is 7.44. The van der Waals surface area contributed by atoms with Gasteiger partial charge in [0.15, 0.2) is 5.69 Å². The van der Waals surface area contributed by atoms with Crippen LogP contribution >= 0.6 is 0 Å². The zero-order chi connectivity index (χ0) is 16.0. The summed E-state index contributed by atoms with van der Waals surface area (Å²) in [5.41, 5.74) is -0.948. The van der Waals surface area contributed by atoms with Gasteiger partial charge in [-0.25, -0.2) is 4.98 Å². The van der Waals surface area contributed by atoms with E-state index in [4.69, 9.17) is 0 Å². The zero-order valence-electron chi connectivity index (χ0n) is 12.8. The summed E-state index contributed by atoms with van der Waals surface area (Å²) in [6.07, 6.45) is -3.72. The van der Waals surface area contributed by atoms with Crippen LogP contribution in [0.1, 0.15) is 26.0 Å². The van der Waals surface area contributed by atoms with Crippen molar-refractivity contribution in [2.24, 2.45) is 0 Å². The van der Waals surface area contributed by atoms with E-state index in [1.807, 2.05) is 32.8 Å². The van der Waals surface area contributed by atoms with Gasteiger partial charge in [-0.15, -0.1) is 0 Å². The van der Waals surface area contributed by atoms with Crippen LogP contribution in [0.25, 0.3) is 0 Å². The Bertz CT molecular complexity index is 448. The van der Waals surface area contributed by atoms with Crippen molar-refractivity contribution in [3.63, 3.8) is 0 Å². The Labute approximate surface area is 123 Å². The van der Waals surface area contributed by atoms with Gasteiger partial charge in [0, 0.05) is 25.2 Å². The lowest BCUT2D eigenvalue weighted by atomic mass is 10.3. The number of anilines is 2. The molecule has 0 fully saturated rings. The maximum Gasteiger partial charge on any atom is 0.433 e. The van der Waals surface area contributed by atoms with E-state index in [2.05, 4.69) is 20.6 Å². The highest BCUT2D eigenvalue weighted by molar-refractivity contribution is 5.43. The lowest BCUT2D eigenvalue weighted by Crippen LogP contribution is -2.30. The van der Waals surface area contributed by atoms with Crippen molar-refractivity contribution in [2.75, 3.05) is 37.8 Å². The average molecular weight is 305 g/mol. The molecule has 5 nitrogen and oxygen atoms in total. The van der Waals surface area contributed by atoms with Crippen LogP contribution in [0, 0.1) is 0 Å². The molecule has 0 aliphatic heterocycles. The highest BCUT2D eigenvalue weighted by Gasteiger charge is 2.33. The maximum absolute atomic E-state index is 12.9. The summed E-state index contributed by atoms with van der Waals surface area (Å²) in [7, 11) is 3.79. The van der Waals surface area contributed by atoms with Crippen LogP contribution < -0.4 is 10.6 Å². The molecule has 0 aromatic carbocycles. The third-order valence-corrected chi connectivity index (χ3v) is 2.58. The highest BCUT2D eigenvalue weighted by atomic mass is 19.4. The van der Waals surface area contributed by atoms with Gasteiger partial charge in [-0.05, 0) is 27.4 Å². The highest BCUT2D eigenvalue weighted by Crippen LogP contribution is 2.29. The quantitative estimate of drug-likeness (QED) is 0.811. The normalized spacial score (nSPS) is 13.3. The number of alkyl halides is 3. The Balaban J connectivity index is 2.95. The fraction of sp³-hybridized carbons (Fsp3) is 0.692. The SMILES string of the molecule is CCCNc1nc(NC(C)CN(C)C)cc(C(F)(F)F)n1. The number of halogens is 3. The summed E-state index contributed by atoms with van der Waals surface area (Å²) in [5, 5.41) is 5.76. The van der Waals surface area contributed by atoms with Crippen molar-refractivity contribution >= 4 is 11.8 Å². The first-order valence-corrected chi connectivity index (χ1v) is 6.83. The summed E-state index contributed by atoms with van der Waals surface area (Å²) in [6.45, 7) is 5.00. The molecule has 0 radical (unpaired) electrons. The van der Waals surface area contributed by atoms with Crippen LogP contribution in [-0.2, 0) is 6.18 Å². The molecular formula is C13H22F3N5. The number of nitrogens with one attached hydrogen (secondary N) is 2. The molecule has 0 amide bonds. The van der Waals surface area contributed by atoms with E-state index in [0.29, 0.717) is 13.1 Å². The molecule has 8 heteroatoms. The monoisotopic (exact) mass is 305 g/mol. The number of hydrogen-bond acceptors (Lipinski definition) is 5. The standard InChI is InChI=1S/C13H22F3N5/c1-5-6-17-12-19-10(13(14,15)16)7-11(20-12)18-9(2)8-21(3)4/h7,9H,5-6,8H2,1-4H3,(H2,17,18,19,20). The summed E-state index contributed by atoms with van der Waals surface area (Å²) in [4.78, 5) is 9.54. The van der Waals surface area contributed by atoms with Crippen molar-refractivity contribution in [3.8, 4) is 0 Å². The molecule has 1 heterocycles. The lowest BCUT2D eigenvalue weighted by Gasteiger charge is -2.20. The molecule has 0 saturated heterocycles. The summed E-state index contributed by atoms with van der Waals surface area (Å²) >= 11 is 0.